The maximum absolute atomic E-state index is 12.9. The number of anilines is 2. The number of esters is 2. The van der Waals surface area contributed by atoms with Crippen molar-refractivity contribution in [3.8, 4) is 12.1 Å². The third-order valence-electron chi connectivity index (χ3n) is 18.2. The minimum Gasteiger partial charge on any atom is -0.481 e. The molecule has 0 spiro atoms. The highest BCUT2D eigenvalue weighted by molar-refractivity contribution is 7.47. The molecule has 2 aliphatic heterocycles. The van der Waals surface area contributed by atoms with E-state index in [1.54, 1.807) is 113 Å². The van der Waals surface area contributed by atoms with E-state index in [0.29, 0.717) is 105 Å². The smallest absolute Gasteiger partial charge is 0.472 e. The molecule has 0 saturated carbocycles. The van der Waals surface area contributed by atoms with Gasteiger partial charge < -0.3 is 101 Å². The number of hydrogen-bond donors (Lipinski definition) is 13. The van der Waals surface area contributed by atoms with E-state index in [1.807, 2.05) is 0 Å². The first-order valence-electron chi connectivity index (χ1n) is 39.3. The minimum atomic E-state index is -4.99. The summed E-state index contributed by atoms with van der Waals surface area (Å²) in [6.07, 6.45) is 0.783. The second-order valence-electron chi connectivity index (χ2n) is 27.8. The average Bonchev–Trinajstić information content (AvgIpc) is 1.62. The minimum absolute atomic E-state index is 0.00277. The molecule has 2 aliphatic rings. The van der Waals surface area contributed by atoms with Crippen molar-refractivity contribution in [3.05, 3.63) is 156 Å². The van der Waals surface area contributed by atoms with E-state index < -0.39 is 120 Å². The summed E-state index contributed by atoms with van der Waals surface area (Å²) in [5.74, 6) is -3.46. The van der Waals surface area contributed by atoms with Crippen LogP contribution in [0.1, 0.15) is 140 Å². The number of rotatable bonds is 44. The molecule has 50 nitrogen and oxygen atoms in total. The van der Waals surface area contributed by atoms with Crippen molar-refractivity contribution in [1.29, 1.82) is 10.5 Å². The lowest BCUT2D eigenvalue weighted by Crippen LogP contribution is -2.34. The third-order valence-corrected chi connectivity index (χ3v) is 19.7. The Balaban J connectivity index is 0.000000352. The summed E-state index contributed by atoms with van der Waals surface area (Å²) in [6, 6.07) is 25.3. The maximum atomic E-state index is 12.9. The number of nitrogen functional groups attached to an aromatic ring is 2. The van der Waals surface area contributed by atoms with Crippen molar-refractivity contribution in [2.24, 2.45) is 44.7 Å². The zero-order chi connectivity index (χ0) is 93.9. The summed E-state index contributed by atoms with van der Waals surface area (Å²) >= 11 is 0. The molecule has 2 fully saturated rings. The molecule has 16 N–H and O–H groups in total. The molecule has 0 aliphatic carbocycles. The molecular weight excluding hydrogens is 1720 g/mol. The van der Waals surface area contributed by atoms with Crippen molar-refractivity contribution < 1.29 is 125 Å². The Labute approximate surface area is 726 Å². The van der Waals surface area contributed by atoms with Crippen LogP contribution in [0.25, 0.3) is 42.5 Å². The number of aliphatic carboxylic acids is 2. The number of nitrogens with two attached hydrogens (primary N) is 3. The number of carboxylic acids is 2. The van der Waals surface area contributed by atoms with Crippen LogP contribution in [0.15, 0.2) is 118 Å². The van der Waals surface area contributed by atoms with Crippen LogP contribution >= 0.6 is 15.6 Å². The van der Waals surface area contributed by atoms with E-state index >= 15 is 0 Å². The highest BCUT2D eigenvalue weighted by Crippen LogP contribution is 2.50. The van der Waals surface area contributed by atoms with Gasteiger partial charge in [-0.25, -0.2) is 43.3 Å². The monoisotopic (exact) mass is 1820 g/mol. The number of aliphatic hydroxyl groups excluding tert-OH is 2. The number of carbonyl (C=O) groups is 7. The molecule has 3 amide bonds. The van der Waals surface area contributed by atoms with Gasteiger partial charge in [0.25, 0.3) is 0 Å². The normalized spacial score (nSPS) is 17.3. The summed E-state index contributed by atoms with van der Waals surface area (Å²) in [5, 5.41) is 73.4. The number of nitrogens with zero attached hydrogens (tertiary/aromatic N) is 17. The average molecular weight is 1820 g/mol. The predicted molar refractivity (Wildman–Crippen MR) is 446 cm³/mol. The van der Waals surface area contributed by atoms with Crippen molar-refractivity contribution in [3.63, 3.8) is 0 Å². The number of fused-ring (bicyclic) bond motifs is 1. The highest BCUT2D eigenvalue weighted by atomic mass is 31.2. The van der Waals surface area contributed by atoms with Crippen LogP contribution in [0.4, 0.5) is 43.1 Å². The molecule has 5 heterocycles. The first kappa shape index (κ1) is 107. The van der Waals surface area contributed by atoms with E-state index in [-0.39, 0.29) is 85.9 Å². The molecule has 0 bridgehead atoms. The lowest BCUT2D eigenvalue weighted by atomic mass is 10.0. The van der Waals surface area contributed by atoms with Gasteiger partial charge in [-0.2, -0.15) is 15.5 Å². The number of alkyl carbamates (subject to hydrolysis) is 3. The highest BCUT2D eigenvalue weighted by Gasteiger charge is 2.47. The van der Waals surface area contributed by atoms with Gasteiger partial charge in [-0.05, 0) is 97.3 Å². The van der Waals surface area contributed by atoms with Gasteiger partial charge in [-0.1, -0.05) is 142 Å². The zero-order valence-electron chi connectivity index (χ0n) is 69.6. The predicted octanol–water partition coefficient (Wildman–Crippen LogP) is 9.80. The number of benzene rings is 3. The fourth-order valence-corrected chi connectivity index (χ4v) is 12.6. The van der Waals surface area contributed by atoms with Crippen LogP contribution < -0.4 is 38.8 Å². The van der Waals surface area contributed by atoms with Crippen LogP contribution in [0, 0.1) is 46.3 Å². The van der Waals surface area contributed by atoms with Gasteiger partial charge in [-0.3, -0.25) is 41.9 Å². The number of imidazole rings is 1. The standard InChI is InChI=1S/C19H26N8O13P2.2C17H21N5O4.C15H20N4O4.C7H15NO2/c20-11-1-2-26(19(30)25-11)12-3-8(9(38-12)4-36-41(31,32)33)40-42(34,35)37-5-10-14(28)15(29)18(39-10)27-7-24-13-16(21)22-6-23-17(13)27;2*1-13(16(23)25-11-9-18)6-4-5-10-20-17(24)26-12-14-7-2-3-8-15(14)21-22-19;1-11(14(20)21)6-4-5-9-17-15(22)23-10-12-7-2-3-8-13(12)18-19-16;1-6(7(9)10)4-2-3-5-8/h1-2,6-10,12,14-15,18,28-29H,3-5H2,(H,34,35)(H2,20,25,30)(H2,21,22,23)(H2,31,32,33);2*2-3,7-8,13H,4-6,10-12H2,1H3,(H,20,24);2-3,7-8,11H,4-6,9-10H2,1H3,(H,17,22)(H,20,21);6H,2-5,8H2,1H3,(H,9,10)/t8-,9+,10+,12+,14+,15+,18+;2*13-;11-;6-/m00000/s1. The van der Waals surface area contributed by atoms with Gasteiger partial charge in [0.15, 0.2) is 30.9 Å². The van der Waals surface area contributed by atoms with E-state index in [4.69, 9.17) is 107 Å². The number of aromatic nitrogens is 6. The molecule has 127 heavy (non-hydrogen) atoms. The quantitative estimate of drug-likeness (QED) is 0.00322. The topological polar surface area (TPSA) is 774 Å². The molecule has 690 valence electrons. The van der Waals surface area contributed by atoms with E-state index in [2.05, 4.69) is 70.5 Å². The fourth-order valence-electron chi connectivity index (χ4n) is 11.3. The first-order valence-corrected chi connectivity index (χ1v) is 42.3. The van der Waals surface area contributed by atoms with Crippen LogP contribution in [0.2, 0.25) is 0 Å². The van der Waals surface area contributed by atoms with Gasteiger partial charge in [-0.15, -0.1) is 0 Å². The molecular formula is C75H103N23O27P2. The van der Waals surface area contributed by atoms with E-state index in [0.717, 1.165) is 36.7 Å². The number of phosphoric ester groups is 2. The SMILES string of the molecule is C[C@@H](CCCCN)C(=O)O.C[C@@H](CCCCNC(=O)OCc1ccccc1N=[N+]=[N-])C(=O)O.C[C@@H](CCCCNC(=O)OCc1ccccc1N=[N+]=[N-])C(=O)OCC#N.C[C@@H](CCCCNC(=O)OCc1ccccc1N=[N+]=[N-])C(=O)OCC#N.Nc1ccn([C@H]2C[C@H](OP(=O)(O)OC[C@H]3O[C@@H](n4cnc5c(N)ncnc54)[C@H](O)[C@@H]3O)[C@@H](COP(=O)(O)O)O2)c(=O)n1. The Morgan fingerprint density at radius 1 is 0.591 bits per heavy atom. The van der Waals surface area contributed by atoms with Crippen LogP contribution in [-0.2, 0) is 94.9 Å². The van der Waals surface area contributed by atoms with Crippen molar-refractivity contribution >= 4 is 97.7 Å². The number of carboxylic acid groups (broad SMARTS) is 2. The zero-order valence-corrected chi connectivity index (χ0v) is 71.4. The van der Waals surface area contributed by atoms with Gasteiger partial charge in [0.2, 0.25) is 0 Å². The number of nitrogens with one attached hydrogen (secondary N) is 3. The largest absolute Gasteiger partial charge is 0.481 e. The maximum Gasteiger partial charge on any atom is 0.472 e. The van der Waals surface area contributed by atoms with E-state index in [1.165, 1.54) is 29.5 Å². The second-order valence-corrected chi connectivity index (χ2v) is 30.4. The number of carbonyl (C=O) groups excluding carboxylic acids is 5. The van der Waals surface area contributed by atoms with Gasteiger partial charge in [0.05, 0.1) is 43.2 Å². The Bertz CT molecular complexity index is 4820. The molecule has 12 atom stereocenters. The molecule has 6 aromatic rings. The van der Waals surface area contributed by atoms with Gasteiger partial charge >= 0.3 is 63.5 Å². The molecule has 1 unspecified atom stereocenters. The fraction of sp³-hybridized carbons (Fsp3) is 0.520. The third kappa shape index (κ3) is 40.4. The number of unbranched alkanes of at least 4 members (excludes halogenated alkanes) is 4. The molecule has 0 radical (unpaired) electrons. The summed E-state index contributed by atoms with van der Waals surface area (Å²) < 4.78 is 77.0. The second kappa shape index (κ2) is 57.8. The van der Waals surface area contributed by atoms with Crippen LogP contribution in [0.3, 0.4) is 0 Å². The number of hydrogen-bond acceptors (Lipinski definition) is 34. The van der Waals surface area contributed by atoms with E-state index in [9.17, 15) is 62.6 Å². The Morgan fingerprint density at radius 3 is 1.44 bits per heavy atom. The molecule has 3 aromatic carbocycles. The molecule has 8 rings (SSSR count). The lowest BCUT2D eigenvalue weighted by molar-refractivity contribution is -0.147. The first-order chi connectivity index (χ1) is 60.6. The van der Waals surface area contributed by atoms with Gasteiger partial charge in [0, 0.05) is 64.0 Å². The Morgan fingerprint density at radius 2 is 1.02 bits per heavy atom. The number of azide groups is 3. The molecule has 2 saturated heterocycles. The van der Waals surface area contributed by atoms with Crippen LogP contribution in [0.5, 0.6) is 0 Å². The van der Waals surface area contributed by atoms with Gasteiger partial charge in [0.1, 0.15) is 86.4 Å². The summed E-state index contributed by atoms with van der Waals surface area (Å²) in [4.78, 5) is 143. The van der Waals surface area contributed by atoms with Crippen molar-refractivity contribution in [2.45, 2.75) is 174 Å². The number of amides is 3. The van der Waals surface area contributed by atoms with Crippen molar-refractivity contribution in [1.82, 2.24) is 45.0 Å². The number of nitriles is 2. The molecule has 52 heteroatoms. The number of aliphatic hydroxyl groups is 2. The lowest BCUT2D eigenvalue weighted by Gasteiger charge is -2.22. The van der Waals surface area contributed by atoms with Crippen LogP contribution in [-0.4, -0.2) is 189 Å². The van der Waals surface area contributed by atoms with Crippen molar-refractivity contribution in [2.75, 3.05) is 64.1 Å². The summed E-state index contributed by atoms with van der Waals surface area (Å²) in [6.45, 7) is 6.78. The summed E-state index contributed by atoms with van der Waals surface area (Å²) in [7, 11) is -9.96. The molecule has 3 aromatic heterocycles. The Kier molecular flexibility index (Phi) is 48.5. The number of phosphoric acid groups is 2. The summed E-state index contributed by atoms with van der Waals surface area (Å²) in [5.41, 5.74) is 44.7. The number of ether oxygens (including phenoxy) is 7. The Hall–Kier alpha value is -12.7.